The fourth-order valence-corrected chi connectivity index (χ4v) is 1.82. The third kappa shape index (κ3) is 4.01. The number of rotatable bonds is 3. The van der Waals surface area contributed by atoms with Crippen molar-refractivity contribution in [2.75, 3.05) is 6.54 Å². The zero-order chi connectivity index (χ0) is 13.1. The van der Waals surface area contributed by atoms with Crippen molar-refractivity contribution in [2.45, 2.75) is 11.1 Å². The maximum absolute atomic E-state index is 11.8. The number of alkyl halides is 3. The molecule has 5 nitrogen and oxygen atoms in total. The molecule has 0 radical (unpaired) electrons. The van der Waals surface area contributed by atoms with Crippen molar-refractivity contribution in [3.8, 4) is 6.07 Å². The minimum absolute atomic E-state index is 0.0280. The molecule has 17 heavy (non-hydrogen) atoms. The Labute approximate surface area is 94.9 Å². The van der Waals surface area contributed by atoms with Crippen LogP contribution in [0.5, 0.6) is 0 Å². The number of sulfonamides is 1. The topological polar surface area (TPSA) is 82.8 Å². The summed E-state index contributed by atoms with van der Waals surface area (Å²) in [5.41, 5.74) is -0.0280. The van der Waals surface area contributed by atoms with Crippen LogP contribution in [0.1, 0.15) is 5.69 Å². The Kier molecular flexibility index (Phi) is 3.69. The molecule has 1 rings (SSSR count). The Balaban J connectivity index is 2.87. The van der Waals surface area contributed by atoms with Crippen molar-refractivity contribution < 1.29 is 21.6 Å². The first-order valence-corrected chi connectivity index (χ1v) is 5.65. The van der Waals surface area contributed by atoms with Gasteiger partial charge >= 0.3 is 6.18 Å². The highest BCUT2D eigenvalue weighted by Gasteiger charge is 2.30. The number of hydrogen-bond acceptors (Lipinski definition) is 4. The summed E-state index contributed by atoms with van der Waals surface area (Å²) in [6.45, 7) is -1.66. The molecule has 1 aromatic rings. The Hall–Kier alpha value is -1.66. The molecule has 1 aromatic heterocycles. The average molecular weight is 265 g/mol. The maximum atomic E-state index is 11.8. The van der Waals surface area contributed by atoms with Gasteiger partial charge < -0.3 is 0 Å². The lowest BCUT2D eigenvalue weighted by molar-refractivity contribution is -0.121. The molecule has 1 N–H and O–H groups in total. The van der Waals surface area contributed by atoms with Gasteiger partial charge in [0.1, 0.15) is 23.2 Å². The summed E-state index contributed by atoms with van der Waals surface area (Å²) in [5.74, 6) is 0. The maximum Gasteiger partial charge on any atom is 0.402 e. The van der Waals surface area contributed by atoms with E-state index in [1.165, 1.54) is 4.72 Å². The molecular formula is C8H6F3N3O2S. The van der Waals surface area contributed by atoms with Crippen LogP contribution >= 0.6 is 0 Å². The van der Waals surface area contributed by atoms with Gasteiger partial charge in [-0.05, 0) is 12.1 Å². The first kappa shape index (κ1) is 13.4. The molecule has 0 aliphatic heterocycles. The predicted molar refractivity (Wildman–Crippen MR) is 50.2 cm³/mol. The number of nitriles is 1. The van der Waals surface area contributed by atoms with Crippen LogP contribution in [0, 0.1) is 11.3 Å². The van der Waals surface area contributed by atoms with Crippen LogP contribution in [-0.2, 0) is 10.0 Å². The molecule has 0 saturated carbocycles. The molecular weight excluding hydrogens is 259 g/mol. The largest absolute Gasteiger partial charge is 0.402 e. The molecule has 0 aliphatic rings. The highest BCUT2D eigenvalue weighted by Crippen LogP contribution is 2.14. The number of aromatic nitrogens is 1. The van der Waals surface area contributed by atoms with E-state index >= 15 is 0 Å². The summed E-state index contributed by atoms with van der Waals surface area (Å²) >= 11 is 0. The summed E-state index contributed by atoms with van der Waals surface area (Å²) < 4.78 is 59.6. The molecule has 0 fully saturated rings. The van der Waals surface area contributed by atoms with Gasteiger partial charge in [-0.1, -0.05) is 0 Å². The molecule has 0 saturated heterocycles. The Morgan fingerprint density at radius 3 is 2.47 bits per heavy atom. The van der Waals surface area contributed by atoms with Crippen molar-refractivity contribution in [3.05, 3.63) is 24.0 Å². The SMILES string of the molecule is N#Cc1ccc(S(=O)(=O)NCC(F)(F)F)cn1. The minimum Gasteiger partial charge on any atom is -0.244 e. The smallest absolute Gasteiger partial charge is 0.244 e. The van der Waals surface area contributed by atoms with E-state index in [2.05, 4.69) is 4.98 Å². The van der Waals surface area contributed by atoms with E-state index in [0.717, 1.165) is 18.3 Å². The summed E-state index contributed by atoms with van der Waals surface area (Å²) in [7, 11) is -4.26. The third-order valence-corrected chi connectivity index (χ3v) is 3.01. The molecule has 0 bridgehead atoms. The lowest BCUT2D eigenvalue weighted by atomic mass is 10.4. The van der Waals surface area contributed by atoms with E-state index in [1.807, 2.05) is 0 Å². The van der Waals surface area contributed by atoms with Crippen LogP contribution in [0.4, 0.5) is 13.2 Å². The zero-order valence-corrected chi connectivity index (χ0v) is 9.01. The highest BCUT2D eigenvalue weighted by molar-refractivity contribution is 7.89. The monoisotopic (exact) mass is 265 g/mol. The first-order valence-electron chi connectivity index (χ1n) is 4.17. The quantitative estimate of drug-likeness (QED) is 0.876. The second kappa shape index (κ2) is 4.68. The zero-order valence-electron chi connectivity index (χ0n) is 8.19. The molecule has 0 aromatic carbocycles. The molecule has 0 unspecified atom stereocenters. The molecule has 92 valence electrons. The van der Waals surface area contributed by atoms with Gasteiger partial charge in [0.15, 0.2) is 0 Å². The lowest BCUT2D eigenvalue weighted by Crippen LogP contribution is -2.33. The van der Waals surface area contributed by atoms with E-state index in [0.29, 0.717) is 0 Å². The van der Waals surface area contributed by atoms with E-state index in [4.69, 9.17) is 5.26 Å². The van der Waals surface area contributed by atoms with Gasteiger partial charge in [-0.2, -0.15) is 18.4 Å². The summed E-state index contributed by atoms with van der Waals surface area (Å²) in [5, 5.41) is 8.41. The number of nitrogens with one attached hydrogen (secondary N) is 1. The minimum atomic E-state index is -4.63. The van der Waals surface area contributed by atoms with Crippen molar-refractivity contribution in [1.29, 1.82) is 5.26 Å². The van der Waals surface area contributed by atoms with Crippen molar-refractivity contribution in [3.63, 3.8) is 0 Å². The van der Waals surface area contributed by atoms with Gasteiger partial charge in [0, 0.05) is 6.20 Å². The summed E-state index contributed by atoms with van der Waals surface area (Å²) in [4.78, 5) is 3.02. The summed E-state index contributed by atoms with van der Waals surface area (Å²) in [6, 6.07) is 3.76. The predicted octanol–water partition coefficient (Wildman–Crippen LogP) is 0.794. The molecule has 1 heterocycles. The molecule has 0 aliphatic carbocycles. The van der Waals surface area contributed by atoms with Crippen LogP contribution in [-0.4, -0.2) is 26.1 Å². The number of halogens is 3. The van der Waals surface area contributed by atoms with Gasteiger partial charge in [-0.15, -0.1) is 0 Å². The summed E-state index contributed by atoms with van der Waals surface area (Å²) in [6.07, 6.45) is -3.82. The molecule has 9 heteroatoms. The number of hydrogen-bond donors (Lipinski definition) is 1. The average Bonchev–Trinajstić information content (AvgIpc) is 2.26. The fraction of sp³-hybridized carbons (Fsp3) is 0.250. The first-order chi connectivity index (χ1) is 7.74. The number of pyridine rings is 1. The van der Waals surface area contributed by atoms with Gasteiger partial charge in [0.25, 0.3) is 0 Å². The van der Waals surface area contributed by atoms with Crippen LogP contribution in [0.25, 0.3) is 0 Å². The molecule has 0 atom stereocenters. The van der Waals surface area contributed by atoms with Gasteiger partial charge in [0.2, 0.25) is 10.0 Å². The fourth-order valence-electron chi connectivity index (χ4n) is 0.866. The molecule has 0 amide bonds. The standard InChI is InChI=1S/C8H6F3N3O2S/c9-8(10,11)5-14-17(15,16)7-2-1-6(3-12)13-4-7/h1-2,4,14H,5H2. The Morgan fingerprint density at radius 2 is 2.06 bits per heavy atom. The second-order valence-electron chi connectivity index (χ2n) is 2.93. The van der Waals surface area contributed by atoms with Gasteiger partial charge in [-0.3, -0.25) is 0 Å². The van der Waals surface area contributed by atoms with Gasteiger partial charge in [-0.25, -0.2) is 18.1 Å². The number of nitrogens with zero attached hydrogens (tertiary/aromatic N) is 2. The second-order valence-corrected chi connectivity index (χ2v) is 4.70. The molecule has 0 spiro atoms. The van der Waals surface area contributed by atoms with E-state index in [-0.39, 0.29) is 5.69 Å². The van der Waals surface area contributed by atoms with E-state index in [9.17, 15) is 21.6 Å². The van der Waals surface area contributed by atoms with Crippen molar-refractivity contribution in [2.24, 2.45) is 0 Å². The van der Waals surface area contributed by atoms with Gasteiger partial charge in [0.05, 0.1) is 0 Å². The van der Waals surface area contributed by atoms with Crippen LogP contribution < -0.4 is 4.72 Å². The normalized spacial score (nSPS) is 12.1. The van der Waals surface area contributed by atoms with Crippen LogP contribution in [0.2, 0.25) is 0 Å². The van der Waals surface area contributed by atoms with E-state index in [1.54, 1.807) is 6.07 Å². The van der Waals surface area contributed by atoms with Crippen molar-refractivity contribution >= 4 is 10.0 Å². The van der Waals surface area contributed by atoms with Crippen molar-refractivity contribution in [1.82, 2.24) is 9.71 Å². The highest BCUT2D eigenvalue weighted by atomic mass is 32.2. The van der Waals surface area contributed by atoms with Crippen LogP contribution in [0.3, 0.4) is 0 Å². The Bertz CT molecular complexity index is 531. The Morgan fingerprint density at radius 1 is 1.41 bits per heavy atom. The van der Waals surface area contributed by atoms with E-state index < -0.39 is 27.6 Å². The third-order valence-electron chi connectivity index (χ3n) is 1.62. The lowest BCUT2D eigenvalue weighted by Gasteiger charge is -2.08. The van der Waals surface area contributed by atoms with Crippen LogP contribution in [0.15, 0.2) is 23.2 Å².